The molecule has 6 nitrogen and oxygen atoms in total. The monoisotopic (exact) mass is 409 g/mol. The Labute approximate surface area is 173 Å². The van der Waals surface area contributed by atoms with Crippen molar-refractivity contribution < 1.29 is 9.90 Å². The van der Waals surface area contributed by atoms with Crippen LogP contribution in [0.3, 0.4) is 0 Å². The molecule has 150 valence electrons. The van der Waals surface area contributed by atoms with E-state index in [1.165, 1.54) is 0 Å². The van der Waals surface area contributed by atoms with Crippen LogP contribution in [0.4, 0.5) is 0 Å². The lowest BCUT2D eigenvalue weighted by atomic mass is 9.96. The summed E-state index contributed by atoms with van der Waals surface area (Å²) < 4.78 is 1.56. The highest BCUT2D eigenvalue weighted by atomic mass is 32.1. The first kappa shape index (κ1) is 19.4. The first-order valence-corrected chi connectivity index (χ1v) is 10.6. The summed E-state index contributed by atoms with van der Waals surface area (Å²) in [6.45, 7) is 1.97. The fourth-order valence-corrected chi connectivity index (χ4v) is 4.34. The van der Waals surface area contributed by atoms with E-state index < -0.39 is 0 Å². The van der Waals surface area contributed by atoms with Crippen LogP contribution in [0.1, 0.15) is 18.4 Å². The number of thiophene rings is 1. The predicted octanol–water partition coefficient (Wildman–Crippen LogP) is 3.16. The second kappa shape index (κ2) is 8.61. The van der Waals surface area contributed by atoms with Gasteiger partial charge in [0.1, 0.15) is 11.4 Å². The van der Waals surface area contributed by atoms with Gasteiger partial charge in [-0.15, -0.1) is 11.3 Å². The van der Waals surface area contributed by atoms with Gasteiger partial charge in [-0.25, -0.2) is 4.68 Å². The molecule has 4 rings (SSSR count). The van der Waals surface area contributed by atoms with Crippen LogP contribution in [-0.4, -0.2) is 38.8 Å². The van der Waals surface area contributed by atoms with Crippen molar-refractivity contribution in [1.82, 2.24) is 14.7 Å². The topological polar surface area (TPSA) is 75.4 Å². The van der Waals surface area contributed by atoms with Gasteiger partial charge in [-0.1, -0.05) is 18.2 Å². The molecule has 7 heteroatoms. The molecule has 1 amide bonds. The molecule has 0 saturated carbocycles. The molecule has 3 aromatic rings. The molecule has 0 aliphatic carbocycles. The van der Waals surface area contributed by atoms with Gasteiger partial charge >= 0.3 is 0 Å². The van der Waals surface area contributed by atoms with E-state index in [4.69, 9.17) is 0 Å². The fraction of sp³-hybridized carbons (Fsp3) is 0.318. The molecule has 0 unspecified atom stereocenters. The van der Waals surface area contributed by atoms with E-state index in [2.05, 4.69) is 5.10 Å². The van der Waals surface area contributed by atoms with Crippen LogP contribution >= 0.6 is 11.3 Å². The number of nitrogens with zero attached hydrogens (tertiary/aromatic N) is 3. The largest absolute Gasteiger partial charge is 0.508 e. The minimum Gasteiger partial charge on any atom is -0.508 e. The van der Waals surface area contributed by atoms with Crippen LogP contribution in [0.5, 0.6) is 5.75 Å². The normalized spacial score (nSPS) is 14.8. The first-order chi connectivity index (χ1) is 14.1. The Bertz CT molecular complexity index is 1020. The Balaban J connectivity index is 1.34. The highest BCUT2D eigenvalue weighted by Gasteiger charge is 2.23. The van der Waals surface area contributed by atoms with E-state index in [9.17, 15) is 14.7 Å². The van der Waals surface area contributed by atoms with Gasteiger partial charge in [0.15, 0.2) is 0 Å². The van der Waals surface area contributed by atoms with E-state index in [-0.39, 0.29) is 17.2 Å². The second-order valence-electron chi connectivity index (χ2n) is 7.38. The van der Waals surface area contributed by atoms with E-state index in [1.54, 1.807) is 52.4 Å². The lowest BCUT2D eigenvalue weighted by Crippen LogP contribution is -2.41. The number of amides is 1. The number of benzene rings is 1. The number of aromatic nitrogens is 2. The summed E-state index contributed by atoms with van der Waals surface area (Å²) in [4.78, 5) is 27.7. The number of likely N-dealkylation sites (tertiary alicyclic amines) is 1. The van der Waals surface area contributed by atoms with Crippen LogP contribution in [0.2, 0.25) is 0 Å². The number of hydrogen-bond acceptors (Lipinski definition) is 5. The molecule has 1 N–H and O–H groups in total. The minimum atomic E-state index is -0.0869. The zero-order valence-corrected chi connectivity index (χ0v) is 16.8. The molecule has 0 spiro atoms. The molecule has 0 atom stereocenters. The van der Waals surface area contributed by atoms with Crippen LogP contribution < -0.4 is 5.56 Å². The third-order valence-electron chi connectivity index (χ3n) is 5.33. The highest BCUT2D eigenvalue weighted by molar-refractivity contribution is 7.13. The van der Waals surface area contributed by atoms with Crippen LogP contribution in [-0.2, 0) is 17.8 Å². The average Bonchev–Trinajstić information content (AvgIpc) is 3.27. The van der Waals surface area contributed by atoms with Crippen molar-refractivity contribution in [3.05, 3.63) is 69.8 Å². The molecule has 29 heavy (non-hydrogen) atoms. The number of carbonyl (C=O) groups excluding carboxylic acids is 1. The van der Waals surface area contributed by atoms with E-state index in [1.807, 2.05) is 22.4 Å². The van der Waals surface area contributed by atoms with E-state index in [0.717, 1.165) is 29.0 Å². The smallest absolute Gasteiger partial charge is 0.266 e. The van der Waals surface area contributed by atoms with Crippen LogP contribution in [0.15, 0.2) is 58.7 Å². The van der Waals surface area contributed by atoms with Gasteiger partial charge in [0, 0.05) is 25.7 Å². The summed E-state index contributed by atoms with van der Waals surface area (Å²) in [5.74, 6) is 0.634. The number of carbonyl (C=O) groups is 1. The third kappa shape index (κ3) is 4.74. The maximum atomic E-state index is 12.5. The Hall–Kier alpha value is -2.93. The number of rotatable bonds is 5. The number of aromatic hydroxyl groups is 1. The number of piperidine rings is 1. The zero-order chi connectivity index (χ0) is 20.2. The van der Waals surface area contributed by atoms with Gasteiger partial charge < -0.3 is 10.0 Å². The Morgan fingerprint density at radius 3 is 2.55 bits per heavy atom. The van der Waals surface area contributed by atoms with Crippen LogP contribution in [0.25, 0.3) is 10.6 Å². The lowest BCUT2D eigenvalue weighted by molar-refractivity contribution is -0.131. The van der Waals surface area contributed by atoms with E-state index >= 15 is 0 Å². The number of hydrogen-bond donors (Lipinski definition) is 1. The molecule has 1 fully saturated rings. The molecule has 1 aromatic carbocycles. The summed E-state index contributed by atoms with van der Waals surface area (Å²) in [5.41, 5.74) is 1.63. The SMILES string of the molecule is O=C(Cc1ccc(O)cc1)N1CCC(Cn2nc(-c3cccs3)ccc2=O)CC1. The molecule has 1 aliphatic heterocycles. The summed E-state index contributed by atoms with van der Waals surface area (Å²) >= 11 is 1.61. The molecule has 1 aliphatic rings. The van der Waals surface area contributed by atoms with Crippen molar-refractivity contribution in [2.45, 2.75) is 25.8 Å². The van der Waals surface area contributed by atoms with Crippen molar-refractivity contribution in [2.24, 2.45) is 5.92 Å². The Morgan fingerprint density at radius 2 is 1.86 bits per heavy atom. The molecule has 2 aromatic heterocycles. The van der Waals surface area contributed by atoms with Crippen molar-refractivity contribution in [3.8, 4) is 16.3 Å². The third-order valence-corrected chi connectivity index (χ3v) is 6.22. The van der Waals surface area contributed by atoms with Crippen molar-refractivity contribution in [3.63, 3.8) is 0 Å². The minimum absolute atomic E-state index is 0.0869. The zero-order valence-electron chi connectivity index (χ0n) is 16.0. The van der Waals surface area contributed by atoms with Gasteiger partial charge in [-0.05, 0) is 54.0 Å². The summed E-state index contributed by atoms with van der Waals surface area (Å²) in [6, 6.07) is 14.1. The predicted molar refractivity (Wildman–Crippen MR) is 113 cm³/mol. The van der Waals surface area contributed by atoms with Gasteiger partial charge in [-0.2, -0.15) is 5.10 Å². The highest BCUT2D eigenvalue weighted by Crippen LogP contribution is 2.23. The quantitative estimate of drug-likeness (QED) is 0.702. The molecule has 0 radical (unpaired) electrons. The van der Waals surface area contributed by atoms with Gasteiger partial charge in [0.25, 0.3) is 5.56 Å². The first-order valence-electron chi connectivity index (χ1n) is 9.76. The molecule has 3 heterocycles. The summed E-state index contributed by atoms with van der Waals surface area (Å²) in [5, 5.41) is 15.9. The van der Waals surface area contributed by atoms with Gasteiger partial charge in [0.2, 0.25) is 5.91 Å². The Kier molecular flexibility index (Phi) is 5.76. The molecular formula is C22H23N3O3S. The maximum Gasteiger partial charge on any atom is 0.266 e. The van der Waals surface area contributed by atoms with Crippen molar-refractivity contribution in [1.29, 1.82) is 0 Å². The van der Waals surface area contributed by atoms with Crippen LogP contribution in [0, 0.1) is 5.92 Å². The number of phenolic OH excluding ortho intramolecular Hbond substituents is 1. The van der Waals surface area contributed by atoms with Gasteiger partial charge in [0.05, 0.1) is 11.3 Å². The Morgan fingerprint density at radius 1 is 1.10 bits per heavy atom. The maximum absolute atomic E-state index is 12.5. The summed E-state index contributed by atoms with van der Waals surface area (Å²) in [6.07, 6.45) is 2.06. The van der Waals surface area contributed by atoms with E-state index in [0.29, 0.717) is 32.0 Å². The van der Waals surface area contributed by atoms with Crippen molar-refractivity contribution >= 4 is 17.2 Å². The lowest BCUT2D eigenvalue weighted by Gasteiger charge is -2.32. The fourth-order valence-electron chi connectivity index (χ4n) is 3.65. The standard InChI is InChI=1S/C22H23N3O3S/c26-18-5-3-16(4-6-18)14-22(28)24-11-9-17(10-12-24)15-25-21(27)8-7-19(23-25)20-2-1-13-29-20/h1-8,13,17,26H,9-12,14-15H2. The van der Waals surface area contributed by atoms with Gasteiger partial charge in [-0.3, -0.25) is 9.59 Å². The molecule has 0 bridgehead atoms. The van der Waals surface area contributed by atoms with Crippen molar-refractivity contribution in [2.75, 3.05) is 13.1 Å². The molecule has 1 saturated heterocycles. The summed E-state index contributed by atoms with van der Waals surface area (Å²) in [7, 11) is 0. The molecular weight excluding hydrogens is 386 g/mol. The second-order valence-corrected chi connectivity index (χ2v) is 8.33. The number of phenols is 1. The average molecular weight is 410 g/mol.